The number of benzene rings is 2. The lowest BCUT2D eigenvalue weighted by atomic mass is 10.1. The van der Waals surface area contributed by atoms with Crippen molar-refractivity contribution in [3.63, 3.8) is 0 Å². The first kappa shape index (κ1) is 21.1. The van der Waals surface area contributed by atoms with E-state index in [1.165, 1.54) is 20.2 Å². The normalized spacial score (nSPS) is 10.3. The highest BCUT2D eigenvalue weighted by molar-refractivity contribution is 9.10. The number of ether oxygens (including phenoxy) is 2. The number of carbonyl (C=O) groups excluding carboxylic acids is 2. The highest BCUT2D eigenvalue weighted by Gasteiger charge is 2.17. The molecule has 2 N–H and O–H groups in total. The number of halogens is 2. The van der Waals surface area contributed by atoms with Crippen LogP contribution >= 0.6 is 27.5 Å². The molecular weight excluding hydrogens is 436 g/mol. The van der Waals surface area contributed by atoms with Gasteiger partial charge in [-0.15, -0.1) is 0 Å². The Hall–Kier alpha value is -2.25. The third-order valence-corrected chi connectivity index (χ3v) is 4.56. The SMILES string of the molecule is CCCOc1c(Br)cc(C(=O)Nc2ccc(Cl)c(C(=O)NC)c2)cc1OC. The predicted molar refractivity (Wildman–Crippen MR) is 109 cm³/mol. The molecule has 2 aromatic rings. The summed E-state index contributed by atoms with van der Waals surface area (Å²) in [6, 6.07) is 7.95. The predicted octanol–water partition coefficient (Wildman–Crippen LogP) is 4.51. The topological polar surface area (TPSA) is 76.7 Å². The van der Waals surface area contributed by atoms with E-state index >= 15 is 0 Å². The smallest absolute Gasteiger partial charge is 0.255 e. The summed E-state index contributed by atoms with van der Waals surface area (Å²) in [7, 11) is 3.02. The minimum absolute atomic E-state index is 0.277. The lowest BCUT2D eigenvalue weighted by molar-refractivity contribution is 0.0961. The van der Waals surface area contributed by atoms with Crippen molar-refractivity contribution in [2.75, 3.05) is 26.1 Å². The minimum Gasteiger partial charge on any atom is -0.493 e. The second-order valence-electron chi connectivity index (χ2n) is 5.57. The Morgan fingerprint density at radius 2 is 1.93 bits per heavy atom. The summed E-state index contributed by atoms with van der Waals surface area (Å²) < 4.78 is 11.6. The first-order chi connectivity index (χ1) is 12.9. The average Bonchev–Trinajstić information content (AvgIpc) is 2.67. The molecule has 27 heavy (non-hydrogen) atoms. The van der Waals surface area contributed by atoms with Gasteiger partial charge in [0.05, 0.1) is 28.8 Å². The Balaban J connectivity index is 2.28. The first-order valence-electron chi connectivity index (χ1n) is 8.24. The van der Waals surface area contributed by atoms with E-state index in [0.717, 1.165) is 6.42 Å². The first-order valence-corrected chi connectivity index (χ1v) is 9.41. The Bertz CT molecular complexity index is 858. The monoisotopic (exact) mass is 454 g/mol. The molecular formula is C19H20BrClN2O4. The van der Waals surface area contributed by atoms with Crippen molar-refractivity contribution in [3.8, 4) is 11.5 Å². The number of amides is 2. The summed E-state index contributed by atoms with van der Waals surface area (Å²) >= 11 is 9.45. The number of methoxy groups -OCH3 is 1. The van der Waals surface area contributed by atoms with Crippen molar-refractivity contribution in [3.05, 3.63) is 51.0 Å². The van der Waals surface area contributed by atoms with Crippen molar-refractivity contribution in [1.82, 2.24) is 5.32 Å². The van der Waals surface area contributed by atoms with Gasteiger partial charge in [-0.05, 0) is 52.7 Å². The van der Waals surface area contributed by atoms with Crippen LogP contribution in [0.15, 0.2) is 34.8 Å². The molecule has 0 aromatic heterocycles. The van der Waals surface area contributed by atoms with Crippen LogP contribution in [0.2, 0.25) is 5.02 Å². The molecule has 6 nitrogen and oxygen atoms in total. The van der Waals surface area contributed by atoms with Crippen molar-refractivity contribution < 1.29 is 19.1 Å². The zero-order valence-corrected chi connectivity index (χ0v) is 17.5. The summed E-state index contributed by atoms with van der Waals surface area (Å²) in [6.45, 7) is 2.54. The van der Waals surface area contributed by atoms with Gasteiger partial charge < -0.3 is 20.1 Å². The summed E-state index contributed by atoms with van der Waals surface area (Å²) in [4.78, 5) is 24.5. The maximum Gasteiger partial charge on any atom is 0.255 e. The second kappa shape index (κ2) is 9.62. The highest BCUT2D eigenvalue weighted by atomic mass is 79.9. The summed E-state index contributed by atoms with van der Waals surface area (Å²) in [5.74, 6) is 0.300. The van der Waals surface area contributed by atoms with Crippen LogP contribution in [-0.4, -0.2) is 32.6 Å². The van der Waals surface area contributed by atoms with Gasteiger partial charge in [0.15, 0.2) is 11.5 Å². The lowest BCUT2D eigenvalue weighted by Crippen LogP contribution is -2.19. The van der Waals surface area contributed by atoms with E-state index in [9.17, 15) is 9.59 Å². The largest absolute Gasteiger partial charge is 0.493 e. The highest BCUT2D eigenvalue weighted by Crippen LogP contribution is 2.37. The molecule has 0 aliphatic carbocycles. The van der Waals surface area contributed by atoms with E-state index in [1.807, 2.05) is 6.92 Å². The van der Waals surface area contributed by atoms with Gasteiger partial charge in [0.1, 0.15) is 0 Å². The summed E-state index contributed by atoms with van der Waals surface area (Å²) in [6.07, 6.45) is 0.849. The Kier molecular flexibility index (Phi) is 7.50. The van der Waals surface area contributed by atoms with E-state index < -0.39 is 0 Å². The van der Waals surface area contributed by atoms with Gasteiger partial charge in [0.25, 0.3) is 11.8 Å². The Morgan fingerprint density at radius 3 is 2.56 bits per heavy atom. The van der Waals surface area contributed by atoms with Gasteiger partial charge >= 0.3 is 0 Å². The fourth-order valence-electron chi connectivity index (χ4n) is 2.31. The maximum absolute atomic E-state index is 12.6. The zero-order valence-electron chi connectivity index (χ0n) is 15.2. The van der Waals surface area contributed by atoms with Crippen molar-refractivity contribution in [1.29, 1.82) is 0 Å². The van der Waals surface area contributed by atoms with Crippen LogP contribution < -0.4 is 20.1 Å². The molecule has 0 aliphatic rings. The molecule has 0 atom stereocenters. The molecule has 0 spiro atoms. The fraction of sp³-hybridized carbons (Fsp3) is 0.263. The average molecular weight is 456 g/mol. The molecule has 0 saturated carbocycles. The van der Waals surface area contributed by atoms with Crippen molar-refractivity contribution >= 4 is 45.0 Å². The Morgan fingerprint density at radius 1 is 1.19 bits per heavy atom. The third-order valence-electron chi connectivity index (χ3n) is 3.64. The number of hydrogen-bond donors (Lipinski definition) is 2. The number of anilines is 1. The van der Waals surface area contributed by atoms with Crippen LogP contribution in [0, 0.1) is 0 Å². The van der Waals surface area contributed by atoms with E-state index in [0.29, 0.717) is 38.9 Å². The molecule has 0 saturated heterocycles. The van der Waals surface area contributed by atoms with E-state index in [1.54, 1.807) is 24.3 Å². The fourth-order valence-corrected chi connectivity index (χ4v) is 3.07. The quantitative estimate of drug-likeness (QED) is 0.644. The van der Waals surface area contributed by atoms with Gasteiger partial charge in [-0.3, -0.25) is 9.59 Å². The molecule has 8 heteroatoms. The standard InChI is InChI=1S/C19H20BrClN2O4/c1-4-7-27-17-14(20)8-11(9-16(17)26-3)18(24)23-12-5-6-15(21)13(10-12)19(25)22-2/h5-6,8-10H,4,7H2,1-3H3,(H,22,25)(H,23,24). The molecule has 0 bridgehead atoms. The number of carbonyl (C=O) groups is 2. The van der Waals surface area contributed by atoms with Gasteiger partial charge in [0.2, 0.25) is 0 Å². The van der Waals surface area contributed by atoms with Crippen LogP contribution in [-0.2, 0) is 0 Å². The lowest BCUT2D eigenvalue weighted by Gasteiger charge is -2.14. The van der Waals surface area contributed by atoms with Crippen LogP contribution in [0.3, 0.4) is 0 Å². The number of nitrogens with one attached hydrogen (secondary N) is 2. The Labute approximate surface area is 171 Å². The molecule has 0 fully saturated rings. The third kappa shape index (κ3) is 5.14. The maximum atomic E-state index is 12.6. The summed E-state index contributed by atoms with van der Waals surface area (Å²) in [5.41, 5.74) is 1.10. The molecule has 0 heterocycles. The number of rotatable bonds is 7. The van der Waals surface area contributed by atoms with Crippen LogP contribution in [0.5, 0.6) is 11.5 Å². The van der Waals surface area contributed by atoms with Gasteiger partial charge in [-0.2, -0.15) is 0 Å². The van der Waals surface area contributed by atoms with Gasteiger partial charge in [-0.1, -0.05) is 18.5 Å². The summed E-state index contributed by atoms with van der Waals surface area (Å²) in [5, 5.41) is 5.56. The zero-order chi connectivity index (χ0) is 20.0. The van der Waals surface area contributed by atoms with Crippen LogP contribution in [0.4, 0.5) is 5.69 Å². The van der Waals surface area contributed by atoms with E-state index in [4.69, 9.17) is 21.1 Å². The van der Waals surface area contributed by atoms with Crippen molar-refractivity contribution in [2.45, 2.75) is 13.3 Å². The van der Waals surface area contributed by atoms with E-state index in [-0.39, 0.29) is 17.4 Å². The molecule has 0 radical (unpaired) electrons. The molecule has 2 rings (SSSR count). The molecule has 144 valence electrons. The van der Waals surface area contributed by atoms with Crippen molar-refractivity contribution in [2.24, 2.45) is 0 Å². The van der Waals surface area contributed by atoms with Gasteiger partial charge in [-0.25, -0.2) is 0 Å². The van der Waals surface area contributed by atoms with Crippen LogP contribution in [0.25, 0.3) is 0 Å². The van der Waals surface area contributed by atoms with Gasteiger partial charge in [0, 0.05) is 18.3 Å². The number of hydrogen-bond acceptors (Lipinski definition) is 4. The van der Waals surface area contributed by atoms with E-state index in [2.05, 4.69) is 26.6 Å². The second-order valence-corrected chi connectivity index (χ2v) is 6.83. The molecule has 0 aliphatic heterocycles. The molecule has 0 unspecified atom stereocenters. The van der Waals surface area contributed by atoms with Crippen LogP contribution in [0.1, 0.15) is 34.1 Å². The minimum atomic E-state index is -0.360. The molecule has 2 amide bonds. The molecule has 2 aromatic carbocycles.